The van der Waals surface area contributed by atoms with Gasteiger partial charge >= 0.3 is 5.97 Å². The number of esters is 1. The van der Waals surface area contributed by atoms with Gasteiger partial charge in [-0.3, -0.25) is 9.59 Å². The molecule has 0 aromatic heterocycles. The van der Waals surface area contributed by atoms with Gasteiger partial charge in [-0.15, -0.1) is 0 Å². The summed E-state index contributed by atoms with van der Waals surface area (Å²) in [5, 5.41) is 0. The average Bonchev–Trinajstić information content (AvgIpc) is 2.29. The maximum Gasteiger partial charge on any atom is 0.316 e. The van der Waals surface area contributed by atoms with Gasteiger partial charge in [0.1, 0.15) is 11.7 Å². The van der Waals surface area contributed by atoms with E-state index in [0.29, 0.717) is 4.47 Å². The van der Waals surface area contributed by atoms with Crippen LogP contribution in [0.15, 0.2) is 22.7 Å². The molecule has 1 unspecified atom stereocenters. The number of hydrogen-bond donors (Lipinski definition) is 0. The Bertz CT molecular complexity index is 431. The van der Waals surface area contributed by atoms with Crippen LogP contribution in [-0.2, 0) is 9.53 Å². The van der Waals surface area contributed by atoms with Gasteiger partial charge in [0.05, 0.1) is 7.11 Å². The number of ketones is 1. The summed E-state index contributed by atoms with van der Waals surface area (Å²) in [5.74, 6) is -2.58. The van der Waals surface area contributed by atoms with Gasteiger partial charge in [-0.1, -0.05) is 15.9 Å². The van der Waals surface area contributed by atoms with Crippen LogP contribution in [0.3, 0.4) is 0 Å². The van der Waals surface area contributed by atoms with Gasteiger partial charge < -0.3 is 4.74 Å². The van der Waals surface area contributed by atoms with Crippen molar-refractivity contribution in [3.8, 4) is 0 Å². The SMILES string of the molecule is COC(=O)C(C)C(=O)c1cc(F)ccc1Br. The summed E-state index contributed by atoms with van der Waals surface area (Å²) in [6, 6.07) is 3.74. The first-order chi connectivity index (χ1) is 7.47. The lowest BCUT2D eigenvalue weighted by molar-refractivity contribution is -0.143. The zero-order valence-corrected chi connectivity index (χ0v) is 10.4. The number of methoxy groups -OCH3 is 1. The van der Waals surface area contributed by atoms with Crippen molar-refractivity contribution < 1.29 is 18.7 Å². The van der Waals surface area contributed by atoms with Crippen molar-refractivity contribution in [1.82, 2.24) is 0 Å². The van der Waals surface area contributed by atoms with E-state index in [0.717, 1.165) is 6.07 Å². The lowest BCUT2D eigenvalue weighted by Crippen LogP contribution is -2.22. The Kier molecular flexibility index (Phi) is 4.18. The minimum Gasteiger partial charge on any atom is -0.468 e. The first-order valence-corrected chi connectivity index (χ1v) is 5.33. The zero-order chi connectivity index (χ0) is 12.3. The molecule has 0 aliphatic carbocycles. The van der Waals surface area contributed by atoms with Crippen LogP contribution in [0.2, 0.25) is 0 Å². The largest absolute Gasteiger partial charge is 0.468 e. The molecule has 86 valence electrons. The molecular formula is C11H10BrFO3. The van der Waals surface area contributed by atoms with Crippen molar-refractivity contribution in [1.29, 1.82) is 0 Å². The molecule has 5 heteroatoms. The molecular weight excluding hydrogens is 279 g/mol. The van der Waals surface area contributed by atoms with Crippen LogP contribution in [0.5, 0.6) is 0 Å². The second-order valence-electron chi connectivity index (χ2n) is 3.23. The molecule has 0 aliphatic rings. The van der Waals surface area contributed by atoms with Crippen LogP contribution in [-0.4, -0.2) is 18.9 Å². The monoisotopic (exact) mass is 288 g/mol. The highest BCUT2D eigenvalue weighted by Gasteiger charge is 2.25. The second kappa shape index (κ2) is 5.21. The minimum atomic E-state index is -0.942. The van der Waals surface area contributed by atoms with Crippen molar-refractivity contribution in [2.45, 2.75) is 6.92 Å². The van der Waals surface area contributed by atoms with Crippen LogP contribution in [0, 0.1) is 11.7 Å². The van der Waals surface area contributed by atoms with Gasteiger partial charge in [0, 0.05) is 10.0 Å². The van der Waals surface area contributed by atoms with E-state index in [1.807, 2.05) is 0 Å². The summed E-state index contributed by atoms with van der Waals surface area (Å²) in [7, 11) is 1.20. The maximum absolute atomic E-state index is 13.0. The third kappa shape index (κ3) is 2.66. The average molecular weight is 289 g/mol. The van der Waals surface area contributed by atoms with Gasteiger partial charge in [0.15, 0.2) is 5.78 Å². The van der Waals surface area contributed by atoms with Crippen molar-refractivity contribution in [3.05, 3.63) is 34.1 Å². The molecule has 0 amide bonds. The molecule has 1 aromatic carbocycles. The number of carbonyl (C=O) groups is 2. The van der Waals surface area contributed by atoms with Crippen LogP contribution in [0.4, 0.5) is 4.39 Å². The van der Waals surface area contributed by atoms with Crippen molar-refractivity contribution in [3.63, 3.8) is 0 Å². The van der Waals surface area contributed by atoms with Crippen molar-refractivity contribution in [2.24, 2.45) is 5.92 Å². The molecule has 1 aromatic rings. The van der Waals surface area contributed by atoms with Crippen molar-refractivity contribution >= 4 is 27.7 Å². The number of carbonyl (C=O) groups excluding carboxylic acids is 2. The predicted molar refractivity (Wildman–Crippen MR) is 59.6 cm³/mol. The Labute approximate surface area is 101 Å². The number of ether oxygens (including phenoxy) is 1. The van der Waals surface area contributed by atoms with E-state index >= 15 is 0 Å². The van der Waals surface area contributed by atoms with Gasteiger partial charge in [0.25, 0.3) is 0 Å². The van der Waals surface area contributed by atoms with Crippen LogP contribution < -0.4 is 0 Å². The first kappa shape index (κ1) is 12.8. The van der Waals surface area contributed by atoms with Gasteiger partial charge in [-0.2, -0.15) is 0 Å². The Morgan fingerprint density at radius 3 is 2.62 bits per heavy atom. The molecule has 0 saturated heterocycles. The number of Topliss-reactive ketones (excluding diaryl/α,β-unsaturated/α-hetero) is 1. The lowest BCUT2D eigenvalue weighted by atomic mass is 9.99. The molecule has 1 atom stereocenters. The first-order valence-electron chi connectivity index (χ1n) is 4.54. The molecule has 0 saturated carbocycles. The van der Waals surface area contributed by atoms with Gasteiger partial charge in [-0.05, 0) is 25.1 Å². The van der Waals surface area contributed by atoms with Gasteiger partial charge in [-0.25, -0.2) is 4.39 Å². The Morgan fingerprint density at radius 1 is 1.44 bits per heavy atom. The quantitative estimate of drug-likeness (QED) is 0.488. The number of halogens is 2. The van der Waals surface area contributed by atoms with E-state index < -0.39 is 23.5 Å². The topological polar surface area (TPSA) is 43.4 Å². The molecule has 0 spiro atoms. The summed E-state index contributed by atoms with van der Waals surface area (Å²) in [5.41, 5.74) is 0.137. The third-order valence-electron chi connectivity index (χ3n) is 2.14. The van der Waals surface area contributed by atoms with Gasteiger partial charge in [0.2, 0.25) is 0 Å². The van der Waals surface area contributed by atoms with Crippen LogP contribution in [0.1, 0.15) is 17.3 Å². The highest BCUT2D eigenvalue weighted by Crippen LogP contribution is 2.21. The van der Waals surface area contributed by atoms with E-state index in [1.165, 1.54) is 26.2 Å². The van der Waals surface area contributed by atoms with E-state index in [2.05, 4.69) is 20.7 Å². The molecule has 0 heterocycles. The number of rotatable bonds is 3. The summed E-state index contributed by atoms with van der Waals surface area (Å²) in [6.07, 6.45) is 0. The molecule has 0 radical (unpaired) electrons. The fourth-order valence-electron chi connectivity index (χ4n) is 1.20. The molecule has 16 heavy (non-hydrogen) atoms. The second-order valence-corrected chi connectivity index (χ2v) is 4.09. The molecule has 0 N–H and O–H groups in total. The smallest absolute Gasteiger partial charge is 0.316 e. The van der Waals surface area contributed by atoms with E-state index in [4.69, 9.17) is 0 Å². The highest BCUT2D eigenvalue weighted by molar-refractivity contribution is 9.10. The fourth-order valence-corrected chi connectivity index (χ4v) is 1.65. The molecule has 1 rings (SSSR count). The summed E-state index contributed by atoms with van der Waals surface area (Å²) in [4.78, 5) is 23.0. The fraction of sp³-hybridized carbons (Fsp3) is 0.273. The lowest BCUT2D eigenvalue weighted by Gasteiger charge is -2.09. The molecule has 0 aliphatic heterocycles. The predicted octanol–water partition coefficient (Wildman–Crippen LogP) is 2.58. The number of hydrogen-bond acceptors (Lipinski definition) is 3. The highest BCUT2D eigenvalue weighted by atomic mass is 79.9. The molecule has 3 nitrogen and oxygen atoms in total. The summed E-state index contributed by atoms with van der Waals surface area (Å²) >= 11 is 3.13. The van der Waals surface area contributed by atoms with E-state index in [1.54, 1.807) is 0 Å². The van der Waals surface area contributed by atoms with E-state index in [-0.39, 0.29) is 5.56 Å². The molecule has 0 fully saturated rings. The number of benzene rings is 1. The summed E-state index contributed by atoms with van der Waals surface area (Å²) < 4.78 is 17.9. The zero-order valence-electron chi connectivity index (χ0n) is 8.79. The van der Waals surface area contributed by atoms with Crippen molar-refractivity contribution in [2.75, 3.05) is 7.11 Å². The third-order valence-corrected chi connectivity index (χ3v) is 2.83. The maximum atomic E-state index is 13.0. The van der Waals surface area contributed by atoms with Crippen LogP contribution >= 0.6 is 15.9 Å². The Morgan fingerprint density at radius 2 is 2.06 bits per heavy atom. The Balaban J connectivity index is 3.05. The Hall–Kier alpha value is -1.23. The van der Waals surface area contributed by atoms with E-state index in [9.17, 15) is 14.0 Å². The van der Waals surface area contributed by atoms with Crippen LogP contribution in [0.25, 0.3) is 0 Å². The standard InChI is InChI=1S/C11H10BrFO3/c1-6(11(15)16-2)10(14)8-5-7(13)3-4-9(8)12/h3-6H,1-2H3. The summed E-state index contributed by atoms with van der Waals surface area (Å²) in [6.45, 7) is 1.42. The molecule has 0 bridgehead atoms. The minimum absolute atomic E-state index is 0.137. The normalized spacial score (nSPS) is 12.0.